The third kappa shape index (κ3) is 3.13. The van der Waals surface area contributed by atoms with Gasteiger partial charge < -0.3 is 9.97 Å². The fraction of sp³-hybridized carbons (Fsp3) is 0.0909. The van der Waals surface area contributed by atoms with Gasteiger partial charge >= 0.3 is 0 Å². The van der Waals surface area contributed by atoms with Crippen molar-refractivity contribution < 1.29 is 0 Å². The van der Waals surface area contributed by atoms with Gasteiger partial charge in [-0.15, -0.1) is 0 Å². The first-order valence-corrected chi connectivity index (χ1v) is 15.2. The summed E-state index contributed by atoms with van der Waals surface area (Å²) in [6.07, 6.45) is 7.23. The van der Waals surface area contributed by atoms with Crippen molar-refractivity contribution in [2.45, 2.75) is 4.90 Å². The smallest absolute Gasteiger partial charge is 0.0544 e. The highest BCUT2D eigenvalue weighted by molar-refractivity contribution is 8.32. The SMILES string of the molecule is CS(C)(C)c1c(-c2cccc3c2[nH]c2ccccc23)cccc1-c1cccc2c1[nH]c1ccccc12. The van der Waals surface area contributed by atoms with Crippen molar-refractivity contribution in [1.82, 2.24) is 9.97 Å². The molecule has 36 heavy (non-hydrogen) atoms. The molecule has 2 heterocycles. The molecule has 0 unspecified atom stereocenters. The monoisotopic (exact) mass is 484 g/mol. The molecule has 0 atom stereocenters. The predicted octanol–water partition coefficient (Wildman–Crippen LogP) is 9.34. The third-order valence-corrected chi connectivity index (χ3v) is 8.96. The van der Waals surface area contributed by atoms with E-state index < -0.39 is 10.0 Å². The zero-order chi connectivity index (χ0) is 24.4. The van der Waals surface area contributed by atoms with Crippen LogP contribution in [0.2, 0.25) is 0 Å². The zero-order valence-electron chi connectivity index (χ0n) is 20.7. The van der Waals surface area contributed by atoms with E-state index in [4.69, 9.17) is 0 Å². The molecule has 2 N–H and O–H groups in total. The average Bonchev–Trinajstić information content (AvgIpc) is 3.46. The molecule has 0 aliphatic heterocycles. The number of hydrogen-bond donors (Lipinski definition) is 2. The number of fused-ring (bicyclic) bond motifs is 6. The minimum atomic E-state index is -1.09. The van der Waals surface area contributed by atoms with E-state index in [9.17, 15) is 0 Å². The predicted molar refractivity (Wildman–Crippen MR) is 160 cm³/mol. The summed E-state index contributed by atoms with van der Waals surface area (Å²) in [7, 11) is -1.09. The molecular weight excluding hydrogens is 456 g/mol. The maximum atomic E-state index is 3.73. The van der Waals surface area contributed by atoms with Gasteiger partial charge in [-0.3, -0.25) is 0 Å². The van der Waals surface area contributed by atoms with Gasteiger partial charge in [0.25, 0.3) is 0 Å². The van der Waals surface area contributed by atoms with E-state index in [0.717, 1.165) is 0 Å². The largest absolute Gasteiger partial charge is 0.354 e. The van der Waals surface area contributed by atoms with Gasteiger partial charge in [-0.25, -0.2) is 10.0 Å². The second-order valence-electron chi connectivity index (χ2n) is 10.3. The second-order valence-corrected chi connectivity index (χ2v) is 14.4. The fourth-order valence-corrected chi connectivity index (χ4v) is 7.49. The molecular formula is C33H28N2S. The van der Waals surface area contributed by atoms with Gasteiger partial charge in [0.1, 0.15) is 0 Å². The Bertz CT molecular complexity index is 1800. The Morgan fingerprint density at radius 3 is 1.28 bits per heavy atom. The molecule has 0 radical (unpaired) electrons. The van der Waals surface area contributed by atoms with Crippen LogP contribution < -0.4 is 0 Å². The van der Waals surface area contributed by atoms with Crippen LogP contribution in [0.25, 0.3) is 65.9 Å². The average molecular weight is 485 g/mol. The molecule has 0 fully saturated rings. The fourth-order valence-electron chi connectivity index (χ4n) is 5.82. The molecule has 3 heteroatoms. The molecule has 0 aliphatic rings. The molecule has 0 saturated carbocycles. The third-order valence-electron chi connectivity index (χ3n) is 7.29. The molecule has 0 saturated heterocycles. The van der Waals surface area contributed by atoms with Crippen LogP contribution in [0.3, 0.4) is 0 Å². The maximum absolute atomic E-state index is 3.73. The van der Waals surface area contributed by atoms with Crippen LogP contribution in [-0.2, 0) is 0 Å². The lowest BCUT2D eigenvalue weighted by atomic mass is 9.96. The van der Waals surface area contributed by atoms with E-state index in [-0.39, 0.29) is 0 Å². The number of H-pyrrole nitrogens is 2. The first-order valence-electron chi connectivity index (χ1n) is 12.3. The van der Waals surface area contributed by atoms with Crippen molar-refractivity contribution in [3.63, 3.8) is 0 Å². The quantitative estimate of drug-likeness (QED) is 0.250. The van der Waals surface area contributed by atoms with Gasteiger partial charge in [0.15, 0.2) is 0 Å². The standard InChI is InChI=1S/C33H28N2S/c1-36(2,3)33-27(25-15-8-13-23-21-11-4-6-19-29(21)34-31(23)25)17-10-18-28(33)26-16-9-14-24-22-12-5-7-20-30(22)35-32(24)26/h4-20,34-35H,1-3H3. The summed E-state index contributed by atoms with van der Waals surface area (Å²) in [4.78, 5) is 8.91. The summed E-state index contributed by atoms with van der Waals surface area (Å²) >= 11 is 0. The molecule has 7 rings (SSSR count). The van der Waals surface area contributed by atoms with Crippen LogP contribution in [0.15, 0.2) is 108 Å². The lowest BCUT2D eigenvalue weighted by molar-refractivity contribution is 1.41. The van der Waals surface area contributed by atoms with E-state index >= 15 is 0 Å². The van der Waals surface area contributed by atoms with Crippen LogP contribution in [0.5, 0.6) is 0 Å². The van der Waals surface area contributed by atoms with Crippen molar-refractivity contribution in [3.05, 3.63) is 103 Å². The summed E-state index contributed by atoms with van der Waals surface area (Å²) in [5.74, 6) is 0. The van der Waals surface area contributed by atoms with Crippen LogP contribution in [-0.4, -0.2) is 28.7 Å². The summed E-state index contributed by atoms with van der Waals surface area (Å²) in [6, 6.07) is 37.4. The van der Waals surface area contributed by atoms with Gasteiger partial charge in [0.05, 0.1) is 11.0 Å². The number of rotatable bonds is 3. The van der Waals surface area contributed by atoms with Gasteiger partial charge in [-0.2, -0.15) is 0 Å². The minimum Gasteiger partial charge on any atom is -0.354 e. The van der Waals surface area contributed by atoms with Crippen LogP contribution in [0.1, 0.15) is 0 Å². The van der Waals surface area contributed by atoms with Crippen LogP contribution >= 0.6 is 10.0 Å². The highest BCUT2D eigenvalue weighted by Gasteiger charge is 2.23. The maximum Gasteiger partial charge on any atom is 0.0544 e. The number of aromatic amines is 2. The Kier molecular flexibility index (Phi) is 4.61. The van der Waals surface area contributed by atoms with E-state index in [1.54, 1.807) is 0 Å². The summed E-state index contributed by atoms with van der Waals surface area (Å²) in [6.45, 7) is 0. The number of nitrogens with one attached hydrogen (secondary N) is 2. The lowest BCUT2D eigenvalue weighted by Gasteiger charge is -2.32. The molecule has 176 valence electrons. The van der Waals surface area contributed by atoms with E-state index in [1.807, 2.05) is 0 Å². The summed E-state index contributed by atoms with van der Waals surface area (Å²) < 4.78 is 0. The Morgan fingerprint density at radius 1 is 0.417 bits per heavy atom. The minimum absolute atomic E-state index is 1.09. The molecule has 2 aromatic heterocycles. The Labute approximate surface area is 212 Å². The molecule has 2 nitrogen and oxygen atoms in total. The van der Waals surface area contributed by atoms with E-state index in [2.05, 4.69) is 132 Å². The van der Waals surface area contributed by atoms with Gasteiger partial charge in [-0.05, 0) is 42.0 Å². The lowest BCUT2D eigenvalue weighted by Crippen LogP contribution is -2.00. The van der Waals surface area contributed by atoms with Gasteiger partial charge in [-0.1, -0.05) is 91.0 Å². The highest BCUT2D eigenvalue weighted by atomic mass is 32.3. The van der Waals surface area contributed by atoms with Crippen molar-refractivity contribution in [1.29, 1.82) is 0 Å². The van der Waals surface area contributed by atoms with Crippen molar-refractivity contribution >= 4 is 53.6 Å². The Morgan fingerprint density at radius 2 is 0.806 bits per heavy atom. The molecule has 7 aromatic rings. The topological polar surface area (TPSA) is 31.6 Å². The first kappa shape index (κ1) is 21.3. The van der Waals surface area contributed by atoms with Crippen LogP contribution in [0.4, 0.5) is 0 Å². The number of hydrogen-bond acceptors (Lipinski definition) is 0. The molecule has 0 amide bonds. The Balaban J connectivity index is 1.56. The summed E-state index contributed by atoms with van der Waals surface area (Å²) in [5, 5.41) is 5.11. The molecule has 0 spiro atoms. The molecule has 0 aliphatic carbocycles. The van der Waals surface area contributed by atoms with Crippen molar-refractivity contribution in [2.75, 3.05) is 18.8 Å². The number of benzene rings is 5. The highest BCUT2D eigenvalue weighted by Crippen LogP contribution is 2.55. The molecule has 5 aromatic carbocycles. The zero-order valence-corrected chi connectivity index (χ0v) is 21.5. The van der Waals surface area contributed by atoms with Crippen molar-refractivity contribution in [3.8, 4) is 22.3 Å². The van der Waals surface area contributed by atoms with Crippen molar-refractivity contribution in [2.24, 2.45) is 0 Å². The summed E-state index contributed by atoms with van der Waals surface area (Å²) in [5.41, 5.74) is 9.97. The first-order chi connectivity index (χ1) is 17.5. The number of aromatic nitrogens is 2. The van der Waals surface area contributed by atoms with Crippen LogP contribution in [0, 0.1) is 0 Å². The van der Waals surface area contributed by atoms with Gasteiger partial charge in [0, 0.05) is 48.6 Å². The van der Waals surface area contributed by atoms with E-state index in [0.29, 0.717) is 0 Å². The normalized spacial score (nSPS) is 12.8. The molecule has 0 bridgehead atoms. The number of para-hydroxylation sites is 4. The van der Waals surface area contributed by atoms with E-state index in [1.165, 1.54) is 70.8 Å². The second kappa shape index (κ2) is 7.78. The van der Waals surface area contributed by atoms with Gasteiger partial charge in [0.2, 0.25) is 0 Å². The Hall–Kier alpha value is -3.95.